The van der Waals surface area contributed by atoms with Crippen molar-refractivity contribution in [3.63, 3.8) is 0 Å². The molecule has 0 spiro atoms. The number of aliphatic hydroxyl groups excluding tert-OH is 1. The Bertz CT molecular complexity index is 442. The summed E-state index contributed by atoms with van der Waals surface area (Å²) in [6.45, 7) is 4.10. The van der Waals surface area contributed by atoms with E-state index in [0.717, 1.165) is 29.4 Å². The van der Waals surface area contributed by atoms with Gasteiger partial charge in [-0.15, -0.1) is 0 Å². The minimum atomic E-state index is 0.0717. The monoisotopic (exact) mass is 220 g/mol. The van der Waals surface area contributed by atoms with Gasteiger partial charge in [0.1, 0.15) is 11.5 Å². The number of H-pyrrole nitrogens is 1. The van der Waals surface area contributed by atoms with Crippen LogP contribution >= 0.6 is 0 Å². The summed E-state index contributed by atoms with van der Waals surface area (Å²) in [7, 11) is 0. The van der Waals surface area contributed by atoms with Crippen molar-refractivity contribution in [1.29, 1.82) is 0 Å². The molecule has 4 nitrogen and oxygen atoms in total. The van der Waals surface area contributed by atoms with Gasteiger partial charge in [0.15, 0.2) is 5.76 Å². The lowest BCUT2D eigenvalue weighted by molar-refractivity contribution is 0.258. The molecule has 2 heterocycles. The van der Waals surface area contributed by atoms with Crippen LogP contribution in [0.25, 0.3) is 11.5 Å². The molecule has 1 unspecified atom stereocenters. The van der Waals surface area contributed by atoms with Gasteiger partial charge in [0.25, 0.3) is 0 Å². The van der Waals surface area contributed by atoms with Gasteiger partial charge >= 0.3 is 0 Å². The molecule has 4 heteroatoms. The predicted molar refractivity (Wildman–Crippen MR) is 61.1 cm³/mol. The molecule has 0 saturated heterocycles. The number of aromatic nitrogens is 2. The molecule has 0 amide bonds. The highest BCUT2D eigenvalue weighted by Gasteiger charge is 2.16. The van der Waals surface area contributed by atoms with E-state index in [9.17, 15) is 5.11 Å². The van der Waals surface area contributed by atoms with Gasteiger partial charge in [-0.05, 0) is 25.5 Å². The Hall–Kier alpha value is -1.55. The largest absolute Gasteiger partial charge is 0.463 e. The third-order valence-corrected chi connectivity index (χ3v) is 2.76. The van der Waals surface area contributed by atoms with Crippen molar-refractivity contribution in [3.05, 3.63) is 29.9 Å². The quantitative estimate of drug-likeness (QED) is 0.832. The summed E-state index contributed by atoms with van der Waals surface area (Å²) in [6.07, 6.45) is 2.49. The molecular weight excluding hydrogens is 204 g/mol. The van der Waals surface area contributed by atoms with Crippen LogP contribution in [-0.4, -0.2) is 21.7 Å². The lowest BCUT2D eigenvalue weighted by atomic mass is 10.1. The Morgan fingerprint density at radius 1 is 1.56 bits per heavy atom. The fourth-order valence-corrected chi connectivity index (χ4v) is 1.74. The van der Waals surface area contributed by atoms with Gasteiger partial charge < -0.3 is 14.5 Å². The Balaban J connectivity index is 2.35. The zero-order valence-corrected chi connectivity index (χ0v) is 9.53. The third kappa shape index (κ3) is 1.88. The highest BCUT2D eigenvalue weighted by atomic mass is 16.3. The molecule has 0 aliphatic rings. The van der Waals surface area contributed by atoms with Gasteiger partial charge in [-0.2, -0.15) is 0 Å². The molecule has 0 fully saturated rings. The van der Waals surface area contributed by atoms with Crippen LogP contribution in [0.5, 0.6) is 0 Å². The van der Waals surface area contributed by atoms with E-state index in [0.29, 0.717) is 0 Å². The van der Waals surface area contributed by atoms with E-state index in [1.807, 2.05) is 26.0 Å². The van der Waals surface area contributed by atoms with Crippen molar-refractivity contribution in [2.75, 3.05) is 6.61 Å². The Morgan fingerprint density at radius 2 is 2.38 bits per heavy atom. The van der Waals surface area contributed by atoms with Crippen molar-refractivity contribution in [2.24, 2.45) is 0 Å². The molecule has 86 valence electrons. The number of imidazole rings is 1. The standard InChI is InChI=1S/C12H16N2O2/c1-3-9(7-15)12-13-8(2)11(14-12)10-5-4-6-16-10/h4-6,9,15H,3,7H2,1-2H3,(H,13,14). The van der Waals surface area contributed by atoms with Crippen molar-refractivity contribution in [2.45, 2.75) is 26.2 Å². The number of nitrogens with zero attached hydrogens (tertiary/aromatic N) is 1. The highest BCUT2D eigenvalue weighted by Crippen LogP contribution is 2.25. The fraction of sp³-hybridized carbons (Fsp3) is 0.417. The van der Waals surface area contributed by atoms with Crippen LogP contribution in [0.15, 0.2) is 22.8 Å². The van der Waals surface area contributed by atoms with E-state index in [1.165, 1.54) is 0 Å². The van der Waals surface area contributed by atoms with Gasteiger partial charge in [-0.3, -0.25) is 0 Å². The minimum Gasteiger partial charge on any atom is -0.463 e. The zero-order valence-electron chi connectivity index (χ0n) is 9.53. The number of furan rings is 1. The van der Waals surface area contributed by atoms with Gasteiger partial charge in [0.2, 0.25) is 0 Å². The summed E-state index contributed by atoms with van der Waals surface area (Å²) in [4.78, 5) is 7.69. The smallest absolute Gasteiger partial charge is 0.154 e. The topological polar surface area (TPSA) is 62.1 Å². The number of nitrogens with one attached hydrogen (secondary N) is 1. The van der Waals surface area contributed by atoms with Crippen molar-refractivity contribution in [3.8, 4) is 11.5 Å². The highest BCUT2D eigenvalue weighted by molar-refractivity contribution is 5.55. The third-order valence-electron chi connectivity index (χ3n) is 2.76. The van der Waals surface area contributed by atoms with Gasteiger partial charge in [0, 0.05) is 11.6 Å². The van der Waals surface area contributed by atoms with Gasteiger partial charge in [-0.25, -0.2) is 4.98 Å². The summed E-state index contributed by atoms with van der Waals surface area (Å²) in [5, 5.41) is 9.23. The average molecular weight is 220 g/mol. The summed E-state index contributed by atoms with van der Waals surface area (Å²) >= 11 is 0. The molecule has 0 bridgehead atoms. The Kier molecular flexibility index (Phi) is 3.10. The van der Waals surface area contributed by atoms with E-state index >= 15 is 0 Å². The number of hydrogen-bond donors (Lipinski definition) is 2. The molecule has 0 saturated carbocycles. The van der Waals surface area contributed by atoms with Gasteiger partial charge in [-0.1, -0.05) is 6.92 Å². The summed E-state index contributed by atoms with van der Waals surface area (Å²) < 4.78 is 5.32. The number of aromatic amines is 1. The molecule has 0 aliphatic carbocycles. The maximum atomic E-state index is 9.23. The van der Waals surface area contributed by atoms with Crippen LogP contribution in [0.1, 0.15) is 30.8 Å². The summed E-state index contributed by atoms with van der Waals surface area (Å²) in [5.74, 6) is 1.66. The normalized spacial score (nSPS) is 12.9. The molecule has 2 aromatic rings. The van der Waals surface area contributed by atoms with Crippen LogP contribution in [0.4, 0.5) is 0 Å². The van der Waals surface area contributed by atoms with E-state index in [1.54, 1.807) is 6.26 Å². The predicted octanol–water partition coefficient (Wildman–Crippen LogP) is 2.46. The van der Waals surface area contributed by atoms with E-state index in [-0.39, 0.29) is 12.5 Å². The number of rotatable bonds is 4. The molecule has 0 radical (unpaired) electrons. The second-order valence-electron chi connectivity index (χ2n) is 3.86. The first-order valence-electron chi connectivity index (χ1n) is 5.47. The molecule has 0 aromatic carbocycles. The zero-order chi connectivity index (χ0) is 11.5. The Morgan fingerprint density at radius 3 is 2.94 bits per heavy atom. The van der Waals surface area contributed by atoms with Crippen LogP contribution in [0.3, 0.4) is 0 Å². The lowest BCUT2D eigenvalue weighted by Gasteiger charge is -2.06. The van der Waals surface area contributed by atoms with Crippen LogP contribution < -0.4 is 0 Å². The molecule has 0 aliphatic heterocycles. The maximum Gasteiger partial charge on any atom is 0.154 e. The van der Waals surface area contributed by atoms with E-state index in [4.69, 9.17) is 4.42 Å². The average Bonchev–Trinajstić information content (AvgIpc) is 2.89. The summed E-state index contributed by atoms with van der Waals surface area (Å²) in [6, 6.07) is 3.72. The molecule has 2 N–H and O–H groups in total. The number of aryl methyl sites for hydroxylation is 1. The second-order valence-corrected chi connectivity index (χ2v) is 3.86. The number of aliphatic hydroxyl groups is 1. The molecule has 16 heavy (non-hydrogen) atoms. The first kappa shape index (κ1) is 11.0. The molecule has 2 rings (SSSR count). The number of hydrogen-bond acceptors (Lipinski definition) is 3. The van der Waals surface area contributed by atoms with Crippen molar-refractivity contribution >= 4 is 0 Å². The first-order chi connectivity index (χ1) is 7.76. The first-order valence-corrected chi connectivity index (χ1v) is 5.47. The molecule has 2 aromatic heterocycles. The summed E-state index contributed by atoms with van der Waals surface area (Å²) in [5.41, 5.74) is 1.80. The fourth-order valence-electron chi connectivity index (χ4n) is 1.74. The second kappa shape index (κ2) is 4.53. The molecule has 1 atom stereocenters. The van der Waals surface area contributed by atoms with Crippen LogP contribution in [0.2, 0.25) is 0 Å². The van der Waals surface area contributed by atoms with E-state index < -0.39 is 0 Å². The van der Waals surface area contributed by atoms with Crippen molar-refractivity contribution in [1.82, 2.24) is 9.97 Å². The lowest BCUT2D eigenvalue weighted by Crippen LogP contribution is -2.04. The van der Waals surface area contributed by atoms with Gasteiger partial charge in [0.05, 0.1) is 12.9 Å². The van der Waals surface area contributed by atoms with E-state index in [2.05, 4.69) is 9.97 Å². The van der Waals surface area contributed by atoms with Crippen molar-refractivity contribution < 1.29 is 9.52 Å². The Labute approximate surface area is 94.3 Å². The maximum absolute atomic E-state index is 9.23. The minimum absolute atomic E-state index is 0.0717. The van der Waals surface area contributed by atoms with Crippen LogP contribution in [0, 0.1) is 6.92 Å². The van der Waals surface area contributed by atoms with Crippen LogP contribution in [-0.2, 0) is 0 Å². The SMILES string of the molecule is CCC(CO)c1nc(-c2ccco2)c(C)[nH]1. The molecular formula is C12H16N2O2.